The molecule has 1 rings (SSSR count). The van der Waals surface area contributed by atoms with Crippen molar-refractivity contribution in [3.63, 3.8) is 0 Å². The monoisotopic (exact) mass is 512 g/mol. The van der Waals surface area contributed by atoms with E-state index >= 15 is 0 Å². The van der Waals surface area contributed by atoms with Gasteiger partial charge < -0.3 is 29.7 Å². The average Bonchev–Trinajstić information content (AvgIpc) is 2.72. The second-order valence-corrected chi connectivity index (χ2v) is 8.84. The van der Waals surface area contributed by atoms with Gasteiger partial charge in [-0.25, -0.2) is 9.59 Å². The summed E-state index contributed by atoms with van der Waals surface area (Å²) in [6.45, 7) is 6.57. The molecule has 0 aliphatic heterocycles. The van der Waals surface area contributed by atoms with Gasteiger partial charge in [0.25, 0.3) is 0 Å². The number of hydrogen-bond donors (Lipinski definition) is 3. The van der Waals surface area contributed by atoms with E-state index in [-0.39, 0.29) is 38.0 Å². The minimum Gasteiger partial charge on any atom is -0.483 e. The number of alkyl carbamates (subject to hydrolysis) is 1. The number of carbonyl (C=O) groups is 4. The first-order chi connectivity index (χ1) is 16.7. The van der Waals surface area contributed by atoms with Gasteiger partial charge >= 0.3 is 29.7 Å². The lowest BCUT2D eigenvalue weighted by atomic mass is 10.0. The van der Waals surface area contributed by atoms with E-state index < -0.39 is 58.8 Å². The Morgan fingerprint density at radius 2 is 1.81 bits per heavy atom. The second kappa shape index (κ2) is 13.9. The summed E-state index contributed by atoms with van der Waals surface area (Å²) in [7, 11) is 0. The largest absolute Gasteiger partial charge is 0.483 e. The van der Waals surface area contributed by atoms with Crippen LogP contribution in [0.15, 0.2) is 18.2 Å². The molecule has 0 bridgehead atoms. The van der Waals surface area contributed by atoms with Gasteiger partial charge in [0.05, 0.1) is 18.0 Å². The van der Waals surface area contributed by atoms with Crippen molar-refractivity contribution in [2.75, 3.05) is 6.61 Å². The minimum absolute atomic E-state index is 0.0467. The molecule has 13 nitrogen and oxygen atoms in total. The molecule has 200 valence electrons. The number of carboxylic acids is 2. The molecule has 2 atom stereocenters. The number of carbonyl (C=O) groups excluding carboxylic acids is 2. The third kappa shape index (κ3) is 11.5. The quantitative estimate of drug-likeness (QED) is 0.188. The highest BCUT2D eigenvalue weighted by atomic mass is 16.6. The molecule has 0 saturated heterocycles. The fourth-order valence-electron chi connectivity index (χ4n) is 3.11. The summed E-state index contributed by atoms with van der Waals surface area (Å²) in [5.74, 6) is -3.24. The van der Waals surface area contributed by atoms with Crippen molar-refractivity contribution in [1.82, 2.24) is 5.32 Å². The molecule has 0 aromatic heterocycles. The highest BCUT2D eigenvalue weighted by molar-refractivity contribution is 5.81. The van der Waals surface area contributed by atoms with E-state index in [2.05, 4.69) is 5.32 Å². The Labute approximate surface area is 207 Å². The van der Waals surface area contributed by atoms with Gasteiger partial charge in [0.1, 0.15) is 17.7 Å². The van der Waals surface area contributed by atoms with Crippen LogP contribution in [0.1, 0.15) is 58.9 Å². The van der Waals surface area contributed by atoms with Crippen molar-refractivity contribution >= 4 is 29.7 Å². The molecule has 13 heteroatoms. The Morgan fingerprint density at radius 1 is 1.14 bits per heavy atom. The summed E-state index contributed by atoms with van der Waals surface area (Å²) in [5, 5.41) is 32.0. The average molecular weight is 513 g/mol. The summed E-state index contributed by atoms with van der Waals surface area (Å²) in [6.07, 6.45) is -2.53. The highest BCUT2D eigenvalue weighted by Gasteiger charge is 2.28. The van der Waals surface area contributed by atoms with Crippen LogP contribution in [0.4, 0.5) is 10.5 Å². The van der Waals surface area contributed by atoms with Gasteiger partial charge in [-0.05, 0) is 52.2 Å². The number of esters is 1. The number of aliphatic carboxylic acids is 2. The van der Waals surface area contributed by atoms with Crippen LogP contribution in [0.3, 0.4) is 0 Å². The smallest absolute Gasteiger partial charge is 0.408 e. The highest BCUT2D eigenvalue weighted by Crippen LogP contribution is 2.31. The first-order valence-corrected chi connectivity index (χ1v) is 11.3. The zero-order valence-electron chi connectivity index (χ0n) is 20.6. The molecule has 0 radical (unpaired) electrons. The lowest BCUT2D eigenvalue weighted by molar-refractivity contribution is -0.386. The van der Waals surface area contributed by atoms with Crippen molar-refractivity contribution in [3.8, 4) is 5.75 Å². The predicted molar refractivity (Wildman–Crippen MR) is 125 cm³/mol. The Balaban J connectivity index is 3.14. The molecule has 0 saturated carbocycles. The van der Waals surface area contributed by atoms with Crippen molar-refractivity contribution in [3.05, 3.63) is 33.9 Å². The molecule has 0 aliphatic rings. The number of hydrogen-bond acceptors (Lipinski definition) is 9. The van der Waals surface area contributed by atoms with E-state index in [1.165, 1.54) is 12.1 Å². The van der Waals surface area contributed by atoms with Crippen molar-refractivity contribution in [2.45, 2.75) is 77.5 Å². The van der Waals surface area contributed by atoms with E-state index in [1.54, 1.807) is 27.7 Å². The molecule has 0 fully saturated rings. The molecule has 3 N–H and O–H groups in total. The minimum atomic E-state index is -1.21. The van der Waals surface area contributed by atoms with Crippen LogP contribution in [-0.2, 0) is 30.3 Å². The summed E-state index contributed by atoms with van der Waals surface area (Å²) >= 11 is 0. The van der Waals surface area contributed by atoms with Crippen LogP contribution in [0.2, 0.25) is 0 Å². The van der Waals surface area contributed by atoms with E-state index in [4.69, 9.17) is 24.4 Å². The zero-order chi connectivity index (χ0) is 27.5. The maximum Gasteiger partial charge on any atom is 0.408 e. The van der Waals surface area contributed by atoms with E-state index in [1.807, 2.05) is 0 Å². The lowest BCUT2D eigenvalue weighted by Gasteiger charge is -2.23. The molecule has 36 heavy (non-hydrogen) atoms. The number of nitrogens with zero attached hydrogens (tertiary/aromatic N) is 1. The van der Waals surface area contributed by atoms with Gasteiger partial charge in [-0.1, -0.05) is 6.07 Å². The van der Waals surface area contributed by atoms with E-state index in [0.717, 1.165) is 6.07 Å². The van der Waals surface area contributed by atoms with Crippen molar-refractivity contribution < 1.29 is 48.5 Å². The molecule has 0 spiro atoms. The number of carboxylic acid groups (broad SMARTS) is 2. The van der Waals surface area contributed by atoms with Crippen LogP contribution in [0, 0.1) is 10.1 Å². The zero-order valence-corrected chi connectivity index (χ0v) is 20.6. The van der Waals surface area contributed by atoms with Gasteiger partial charge in [0.15, 0.2) is 5.75 Å². The van der Waals surface area contributed by atoms with E-state index in [9.17, 15) is 29.3 Å². The number of benzene rings is 1. The molecule has 0 unspecified atom stereocenters. The van der Waals surface area contributed by atoms with Gasteiger partial charge in [-0.3, -0.25) is 19.7 Å². The van der Waals surface area contributed by atoms with Gasteiger partial charge in [-0.15, -0.1) is 0 Å². The maximum absolute atomic E-state index is 12.4. The normalized spacial score (nSPS) is 12.7. The van der Waals surface area contributed by atoms with Crippen molar-refractivity contribution in [2.24, 2.45) is 0 Å². The molecular formula is C23H32N2O11. The van der Waals surface area contributed by atoms with Gasteiger partial charge in [-0.2, -0.15) is 0 Å². The Kier molecular flexibility index (Phi) is 11.6. The van der Waals surface area contributed by atoms with Crippen LogP contribution in [0.5, 0.6) is 5.75 Å². The fraction of sp³-hybridized carbons (Fsp3) is 0.565. The summed E-state index contributed by atoms with van der Waals surface area (Å²) in [4.78, 5) is 57.4. The first-order valence-electron chi connectivity index (χ1n) is 11.3. The SMILES string of the molecule is CCOC(=O)[C@H](Cc1ccc(O[C@H](CCCC(=O)O)CC(=O)O)c([N+](=O)[O-])c1)NC(=O)OC(C)(C)C. The number of nitrogens with one attached hydrogen (secondary N) is 1. The Hall–Kier alpha value is -3.90. The second-order valence-electron chi connectivity index (χ2n) is 8.84. The molecule has 0 heterocycles. The molecule has 1 amide bonds. The predicted octanol–water partition coefficient (Wildman–Crippen LogP) is 3.07. The summed E-state index contributed by atoms with van der Waals surface area (Å²) in [6, 6.07) is 2.64. The number of nitro groups is 1. The van der Waals surface area contributed by atoms with Crippen LogP contribution < -0.4 is 10.1 Å². The van der Waals surface area contributed by atoms with Gasteiger partial charge in [0.2, 0.25) is 0 Å². The number of amides is 1. The standard InChI is InChI=1S/C23H32N2O11/c1-5-34-21(30)16(24-22(31)36-23(2,3)4)11-14-9-10-18(17(12-14)25(32)33)35-15(13-20(28)29)7-6-8-19(26)27/h9-10,12,15-16H,5-8,11,13H2,1-4H3,(H,24,31)(H,26,27)(H,28,29)/t15-,16+/m1/s1. The topological polar surface area (TPSA) is 192 Å². The van der Waals surface area contributed by atoms with Crippen molar-refractivity contribution in [1.29, 1.82) is 0 Å². The van der Waals surface area contributed by atoms with Gasteiger partial charge in [0, 0.05) is 18.9 Å². The third-order valence-corrected chi connectivity index (χ3v) is 4.53. The first kappa shape index (κ1) is 30.1. The molecule has 1 aromatic carbocycles. The third-order valence-electron chi connectivity index (χ3n) is 4.53. The van der Waals surface area contributed by atoms with E-state index in [0.29, 0.717) is 5.56 Å². The maximum atomic E-state index is 12.4. The number of rotatable bonds is 14. The van der Waals surface area contributed by atoms with Crippen LogP contribution in [-0.4, -0.2) is 63.5 Å². The number of nitro benzene ring substituents is 1. The fourth-order valence-corrected chi connectivity index (χ4v) is 3.11. The molecule has 0 aliphatic carbocycles. The summed E-state index contributed by atoms with van der Waals surface area (Å²) in [5.41, 5.74) is -1.01. The van der Waals surface area contributed by atoms with Crippen LogP contribution in [0.25, 0.3) is 0 Å². The number of ether oxygens (including phenoxy) is 3. The Morgan fingerprint density at radius 3 is 2.33 bits per heavy atom. The summed E-state index contributed by atoms with van der Waals surface area (Å²) < 4.78 is 15.7. The van der Waals surface area contributed by atoms with Crippen LogP contribution >= 0.6 is 0 Å². The Bertz CT molecular complexity index is 956. The molecule has 1 aromatic rings. The lowest BCUT2D eigenvalue weighted by Crippen LogP contribution is -2.45. The molecular weight excluding hydrogens is 480 g/mol.